The van der Waals surface area contributed by atoms with Crippen LogP contribution in [0.15, 0.2) is 33.3 Å². The molecule has 0 bridgehead atoms. The van der Waals surface area contributed by atoms with E-state index in [2.05, 4.69) is 20.9 Å². The minimum atomic E-state index is -3.35. The Labute approximate surface area is 119 Å². The third kappa shape index (κ3) is 2.17. The topological polar surface area (TPSA) is 63.4 Å². The minimum Gasteiger partial charge on any atom is -0.444 e. The number of hydrogen-bond acceptors (Lipinski definition) is 4. The van der Waals surface area contributed by atoms with E-state index in [0.717, 1.165) is 10.0 Å². The van der Waals surface area contributed by atoms with Crippen molar-refractivity contribution in [3.05, 3.63) is 46.1 Å². The number of para-hydroxylation sites is 1. The van der Waals surface area contributed by atoms with Gasteiger partial charge in [0.25, 0.3) is 0 Å². The van der Waals surface area contributed by atoms with E-state index in [4.69, 9.17) is 4.42 Å². The number of hydrogen-bond donors (Lipinski definition) is 0. The smallest absolute Gasteiger partial charge is 0.239 e. The molecule has 0 saturated carbocycles. The molecule has 0 fully saturated rings. The van der Waals surface area contributed by atoms with Crippen LogP contribution in [0.2, 0.25) is 0 Å². The van der Waals surface area contributed by atoms with Crippen molar-refractivity contribution in [2.45, 2.75) is 19.2 Å². The lowest BCUT2D eigenvalue weighted by Crippen LogP contribution is -2.26. The molecule has 2 heterocycles. The van der Waals surface area contributed by atoms with Gasteiger partial charge in [0.05, 0.1) is 17.6 Å². The molecule has 19 heavy (non-hydrogen) atoms. The molecule has 0 saturated heterocycles. The number of aromatic nitrogens is 1. The molecule has 1 aromatic carbocycles. The summed E-state index contributed by atoms with van der Waals surface area (Å²) < 4.78 is 31.9. The fraction of sp³-hybridized carbons (Fsp3) is 0.250. The molecule has 100 valence electrons. The van der Waals surface area contributed by atoms with E-state index in [0.29, 0.717) is 17.3 Å². The van der Waals surface area contributed by atoms with E-state index in [1.807, 2.05) is 18.2 Å². The SMILES string of the molecule is Cc1cnc(CN2c3c(Br)cccc3CS2(=O)=O)o1. The predicted molar refractivity (Wildman–Crippen MR) is 74.2 cm³/mol. The van der Waals surface area contributed by atoms with Crippen molar-refractivity contribution in [2.75, 3.05) is 4.31 Å². The molecule has 0 amide bonds. The zero-order valence-electron chi connectivity index (χ0n) is 10.1. The lowest BCUT2D eigenvalue weighted by atomic mass is 10.2. The van der Waals surface area contributed by atoms with Crippen LogP contribution in [0.3, 0.4) is 0 Å². The zero-order valence-corrected chi connectivity index (χ0v) is 12.5. The van der Waals surface area contributed by atoms with E-state index >= 15 is 0 Å². The largest absolute Gasteiger partial charge is 0.444 e. The van der Waals surface area contributed by atoms with Gasteiger partial charge in [-0.15, -0.1) is 0 Å². The Balaban J connectivity index is 2.05. The molecular formula is C12H11BrN2O3S. The van der Waals surface area contributed by atoms with Crippen molar-refractivity contribution >= 4 is 31.6 Å². The van der Waals surface area contributed by atoms with Crippen molar-refractivity contribution in [3.8, 4) is 0 Å². The van der Waals surface area contributed by atoms with E-state index in [1.54, 1.807) is 13.1 Å². The molecule has 0 N–H and O–H groups in total. The number of anilines is 1. The van der Waals surface area contributed by atoms with Gasteiger partial charge in [0.2, 0.25) is 15.9 Å². The van der Waals surface area contributed by atoms with Crippen molar-refractivity contribution < 1.29 is 12.8 Å². The molecule has 0 aliphatic carbocycles. The van der Waals surface area contributed by atoms with Crippen LogP contribution in [-0.2, 0) is 22.3 Å². The highest BCUT2D eigenvalue weighted by molar-refractivity contribution is 9.10. The van der Waals surface area contributed by atoms with Crippen molar-refractivity contribution in [1.82, 2.24) is 4.98 Å². The van der Waals surface area contributed by atoms with Crippen LogP contribution in [0, 0.1) is 6.92 Å². The Morgan fingerprint density at radius 1 is 1.47 bits per heavy atom. The summed E-state index contributed by atoms with van der Waals surface area (Å²) in [5.41, 5.74) is 1.47. The van der Waals surface area contributed by atoms with Crippen LogP contribution >= 0.6 is 15.9 Å². The second-order valence-electron chi connectivity index (χ2n) is 4.38. The molecule has 0 radical (unpaired) electrons. The molecule has 3 rings (SSSR count). The van der Waals surface area contributed by atoms with Gasteiger partial charge in [0, 0.05) is 4.47 Å². The highest BCUT2D eigenvalue weighted by Gasteiger charge is 2.35. The first-order valence-electron chi connectivity index (χ1n) is 5.66. The summed E-state index contributed by atoms with van der Waals surface area (Å²) >= 11 is 3.40. The quantitative estimate of drug-likeness (QED) is 0.841. The summed E-state index contributed by atoms with van der Waals surface area (Å²) in [6.45, 7) is 1.89. The average Bonchev–Trinajstić information content (AvgIpc) is 2.82. The van der Waals surface area contributed by atoms with Crippen LogP contribution in [0.25, 0.3) is 0 Å². The Kier molecular flexibility index (Phi) is 2.90. The molecule has 5 nitrogen and oxygen atoms in total. The van der Waals surface area contributed by atoms with E-state index < -0.39 is 10.0 Å². The molecule has 2 aromatic rings. The maximum atomic E-state index is 12.2. The van der Waals surface area contributed by atoms with Gasteiger partial charge in [-0.25, -0.2) is 13.4 Å². The Morgan fingerprint density at radius 2 is 2.26 bits per heavy atom. The number of rotatable bonds is 2. The van der Waals surface area contributed by atoms with E-state index in [-0.39, 0.29) is 12.3 Å². The monoisotopic (exact) mass is 342 g/mol. The predicted octanol–water partition coefficient (Wildman–Crippen LogP) is 2.60. The van der Waals surface area contributed by atoms with Gasteiger partial charge in [-0.2, -0.15) is 0 Å². The molecule has 1 aromatic heterocycles. The molecular weight excluding hydrogens is 332 g/mol. The van der Waals surface area contributed by atoms with Crippen molar-refractivity contribution in [2.24, 2.45) is 0 Å². The first-order valence-corrected chi connectivity index (χ1v) is 8.07. The van der Waals surface area contributed by atoms with Gasteiger partial charge < -0.3 is 4.42 Å². The normalized spacial score (nSPS) is 16.6. The summed E-state index contributed by atoms with van der Waals surface area (Å²) in [5.74, 6) is 1.07. The van der Waals surface area contributed by atoms with Crippen molar-refractivity contribution in [3.63, 3.8) is 0 Å². The highest BCUT2D eigenvalue weighted by atomic mass is 79.9. The fourth-order valence-corrected chi connectivity index (χ4v) is 4.47. The number of nitrogens with zero attached hydrogens (tertiary/aromatic N) is 2. The van der Waals surface area contributed by atoms with Gasteiger partial charge in [-0.1, -0.05) is 12.1 Å². The third-order valence-corrected chi connectivity index (χ3v) is 5.24. The summed E-state index contributed by atoms with van der Waals surface area (Å²) in [6.07, 6.45) is 1.58. The maximum Gasteiger partial charge on any atom is 0.239 e. The molecule has 1 aliphatic heterocycles. The Bertz CT molecular complexity index is 739. The van der Waals surface area contributed by atoms with Crippen LogP contribution < -0.4 is 4.31 Å². The first kappa shape index (κ1) is 12.7. The molecule has 0 atom stereocenters. The van der Waals surface area contributed by atoms with E-state index in [9.17, 15) is 8.42 Å². The lowest BCUT2D eigenvalue weighted by molar-refractivity contribution is 0.472. The molecule has 1 aliphatic rings. The summed E-state index contributed by atoms with van der Waals surface area (Å²) in [4.78, 5) is 4.06. The lowest BCUT2D eigenvalue weighted by Gasteiger charge is -2.17. The molecule has 0 unspecified atom stereocenters. The highest BCUT2D eigenvalue weighted by Crippen LogP contribution is 2.40. The number of benzene rings is 1. The molecule has 7 heteroatoms. The number of sulfonamides is 1. The van der Waals surface area contributed by atoms with Gasteiger partial charge in [-0.3, -0.25) is 4.31 Å². The Morgan fingerprint density at radius 3 is 2.95 bits per heavy atom. The standard InChI is InChI=1S/C12H11BrN2O3S/c1-8-5-14-11(18-8)6-15-12-9(7-19(15,16)17)3-2-4-10(12)13/h2-5H,6-7H2,1H3. The minimum absolute atomic E-state index is 0.0153. The average molecular weight is 343 g/mol. The third-order valence-electron chi connectivity index (χ3n) is 2.94. The summed E-state index contributed by atoms with van der Waals surface area (Å²) in [7, 11) is -3.35. The van der Waals surface area contributed by atoms with E-state index in [1.165, 1.54) is 4.31 Å². The van der Waals surface area contributed by atoms with Crippen LogP contribution in [0.5, 0.6) is 0 Å². The second-order valence-corrected chi connectivity index (χ2v) is 7.12. The van der Waals surface area contributed by atoms with Gasteiger partial charge in [0.15, 0.2) is 0 Å². The van der Waals surface area contributed by atoms with Gasteiger partial charge in [0.1, 0.15) is 12.3 Å². The first-order chi connectivity index (χ1) is 8.97. The fourth-order valence-electron chi connectivity index (χ4n) is 2.14. The number of halogens is 1. The number of aryl methyl sites for hydroxylation is 1. The number of oxazole rings is 1. The molecule has 0 spiro atoms. The zero-order chi connectivity index (χ0) is 13.6. The van der Waals surface area contributed by atoms with Gasteiger partial charge >= 0.3 is 0 Å². The van der Waals surface area contributed by atoms with Gasteiger partial charge in [-0.05, 0) is 34.5 Å². The summed E-state index contributed by atoms with van der Waals surface area (Å²) in [5, 5.41) is 0. The van der Waals surface area contributed by atoms with Crippen LogP contribution in [0.1, 0.15) is 17.2 Å². The summed E-state index contributed by atoms with van der Waals surface area (Å²) in [6, 6.07) is 5.48. The van der Waals surface area contributed by atoms with Crippen molar-refractivity contribution in [1.29, 1.82) is 0 Å². The second kappa shape index (κ2) is 4.35. The van der Waals surface area contributed by atoms with Crippen LogP contribution in [0.4, 0.5) is 5.69 Å². The van der Waals surface area contributed by atoms with Crippen LogP contribution in [-0.4, -0.2) is 13.4 Å². The number of fused-ring (bicyclic) bond motifs is 1. The Hall–Kier alpha value is -1.34. The maximum absolute atomic E-state index is 12.2.